The standard InChI is InChI=1S/C13H10F3N5OS/c1-21-11-8(5-18-21)12(22)20-9(19-11)6-23-10-3-2-7(4-17-10)13(14,15)16/h2-5H,6H2,1H3,(H,19,20,22). The summed E-state index contributed by atoms with van der Waals surface area (Å²) in [6.07, 6.45) is -2.20. The lowest BCUT2D eigenvalue weighted by molar-refractivity contribution is -0.137. The van der Waals surface area contributed by atoms with Crippen LogP contribution in [-0.4, -0.2) is 24.7 Å². The van der Waals surface area contributed by atoms with Crippen molar-refractivity contribution >= 4 is 22.8 Å². The Morgan fingerprint density at radius 1 is 1.30 bits per heavy atom. The van der Waals surface area contributed by atoms with Crippen LogP contribution in [0.15, 0.2) is 34.3 Å². The molecule has 0 bridgehead atoms. The van der Waals surface area contributed by atoms with Crippen molar-refractivity contribution in [2.24, 2.45) is 7.05 Å². The molecule has 23 heavy (non-hydrogen) atoms. The van der Waals surface area contributed by atoms with E-state index < -0.39 is 11.7 Å². The molecular weight excluding hydrogens is 331 g/mol. The number of nitrogens with zero attached hydrogens (tertiary/aromatic N) is 4. The van der Waals surface area contributed by atoms with Crippen LogP contribution in [0.5, 0.6) is 0 Å². The van der Waals surface area contributed by atoms with Crippen LogP contribution < -0.4 is 5.56 Å². The van der Waals surface area contributed by atoms with E-state index >= 15 is 0 Å². The van der Waals surface area contributed by atoms with E-state index in [0.717, 1.165) is 12.3 Å². The van der Waals surface area contributed by atoms with E-state index in [1.54, 1.807) is 7.05 Å². The third-order valence-electron chi connectivity index (χ3n) is 3.07. The van der Waals surface area contributed by atoms with Crippen molar-refractivity contribution in [2.45, 2.75) is 17.0 Å². The van der Waals surface area contributed by atoms with Gasteiger partial charge in [-0.2, -0.15) is 18.3 Å². The second-order valence-corrected chi connectivity index (χ2v) is 5.69. The van der Waals surface area contributed by atoms with E-state index in [0.29, 0.717) is 21.9 Å². The molecule has 0 unspecified atom stereocenters. The Morgan fingerprint density at radius 3 is 2.74 bits per heavy atom. The smallest absolute Gasteiger partial charge is 0.309 e. The van der Waals surface area contributed by atoms with Crippen LogP contribution in [0.25, 0.3) is 11.0 Å². The van der Waals surface area contributed by atoms with Crippen LogP contribution >= 0.6 is 11.8 Å². The van der Waals surface area contributed by atoms with Gasteiger partial charge in [-0.25, -0.2) is 9.97 Å². The number of alkyl halides is 3. The summed E-state index contributed by atoms with van der Waals surface area (Å²) in [5.41, 5.74) is -0.659. The molecule has 0 aromatic carbocycles. The summed E-state index contributed by atoms with van der Waals surface area (Å²) in [4.78, 5) is 22.5. The predicted molar refractivity (Wildman–Crippen MR) is 77.9 cm³/mol. The Hall–Kier alpha value is -2.36. The molecule has 0 saturated carbocycles. The van der Waals surface area contributed by atoms with Crippen molar-refractivity contribution in [1.29, 1.82) is 0 Å². The van der Waals surface area contributed by atoms with Crippen molar-refractivity contribution in [3.05, 3.63) is 46.3 Å². The lowest BCUT2D eigenvalue weighted by Gasteiger charge is -2.06. The first kappa shape index (κ1) is 15.5. The maximum Gasteiger partial charge on any atom is 0.417 e. The van der Waals surface area contributed by atoms with E-state index in [9.17, 15) is 18.0 Å². The number of thioether (sulfide) groups is 1. The number of aromatic amines is 1. The van der Waals surface area contributed by atoms with Gasteiger partial charge in [0.25, 0.3) is 5.56 Å². The molecule has 0 aliphatic rings. The monoisotopic (exact) mass is 341 g/mol. The van der Waals surface area contributed by atoms with Crippen LogP contribution in [0.3, 0.4) is 0 Å². The van der Waals surface area contributed by atoms with Gasteiger partial charge in [-0.1, -0.05) is 11.8 Å². The summed E-state index contributed by atoms with van der Waals surface area (Å²) in [6, 6.07) is 2.25. The predicted octanol–water partition coefficient (Wildman–Crippen LogP) is 2.36. The fourth-order valence-corrected chi connectivity index (χ4v) is 2.63. The Balaban J connectivity index is 1.78. The van der Waals surface area contributed by atoms with E-state index in [-0.39, 0.29) is 11.3 Å². The molecule has 6 nitrogen and oxygen atoms in total. The van der Waals surface area contributed by atoms with Gasteiger partial charge in [-0.15, -0.1) is 0 Å². The Morgan fingerprint density at radius 2 is 2.09 bits per heavy atom. The molecule has 3 aromatic heterocycles. The first-order valence-corrected chi connectivity index (χ1v) is 7.40. The van der Waals surface area contributed by atoms with Gasteiger partial charge in [-0.05, 0) is 12.1 Å². The van der Waals surface area contributed by atoms with Crippen LogP contribution in [0.4, 0.5) is 13.2 Å². The number of fused-ring (bicyclic) bond motifs is 1. The second-order valence-electron chi connectivity index (χ2n) is 4.69. The quantitative estimate of drug-likeness (QED) is 0.740. The number of hydrogen-bond donors (Lipinski definition) is 1. The molecule has 120 valence electrons. The first-order chi connectivity index (χ1) is 10.8. The highest BCUT2D eigenvalue weighted by Crippen LogP contribution is 2.29. The number of aromatic nitrogens is 5. The molecule has 10 heteroatoms. The molecule has 0 atom stereocenters. The summed E-state index contributed by atoms with van der Waals surface area (Å²) in [5, 5.41) is 4.75. The zero-order valence-corrected chi connectivity index (χ0v) is 12.6. The first-order valence-electron chi connectivity index (χ1n) is 6.41. The highest BCUT2D eigenvalue weighted by Gasteiger charge is 2.30. The Labute approximate surface area is 131 Å². The summed E-state index contributed by atoms with van der Waals surface area (Å²) in [7, 11) is 1.67. The molecule has 0 aliphatic carbocycles. The fraction of sp³-hybridized carbons (Fsp3) is 0.231. The van der Waals surface area contributed by atoms with Crippen LogP contribution in [0, 0.1) is 0 Å². The van der Waals surface area contributed by atoms with Crippen molar-refractivity contribution in [3.8, 4) is 0 Å². The largest absolute Gasteiger partial charge is 0.417 e. The number of aryl methyl sites for hydroxylation is 1. The summed E-state index contributed by atoms with van der Waals surface area (Å²) in [6.45, 7) is 0. The lowest BCUT2D eigenvalue weighted by atomic mass is 10.3. The molecule has 3 rings (SSSR count). The van der Waals surface area contributed by atoms with Crippen molar-refractivity contribution < 1.29 is 13.2 Å². The maximum absolute atomic E-state index is 12.5. The number of rotatable bonds is 3. The van der Waals surface area contributed by atoms with Gasteiger partial charge in [0.2, 0.25) is 0 Å². The minimum absolute atomic E-state index is 0.273. The molecule has 1 N–H and O–H groups in total. The van der Waals surface area contributed by atoms with Gasteiger partial charge >= 0.3 is 6.18 Å². The van der Waals surface area contributed by atoms with Gasteiger partial charge in [0.15, 0.2) is 5.65 Å². The highest BCUT2D eigenvalue weighted by molar-refractivity contribution is 7.98. The third-order valence-corrected chi connectivity index (χ3v) is 4.03. The van der Waals surface area contributed by atoms with E-state index in [1.165, 1.54) is 28.7 Å². The topological polar surface area (TPSA) is 76.5 Å². The SMILES string of the molecule is Cn1ncc2c(=O)[nH]c(CSc3ccc(C(F)(F)F)cn3)nc21. The average Bonchev–Trinajstić information content (AvgIpc) is 2.87. The van der Waals surface area contributed by atoms with E-state index in [4.69, 9.17) is 0 Å². The third kappa shape index (κ3) is 3.21. The summed E-state index contributed by atoms with van der Waals surface area (Å²) >= 11 is 1.18. The summed E-state index contributed by atoms with van der Waals surface area (Å²) < 4.78 is 38.9. The summed E-state index contributed by atoms with van der Waals surface area (Å²) in [5.74, 6) is 0.673. The zero-order chi connectivity index (χ0) is 16.6. The Kier molecular flexibility index (Phi) is 3.84. The van der Waals surface area contributed by atoms with Gasteiger partial charge in [0.05, 0.1) is 22.5 Å². The maximum atomic E-state index is 12.5. The van der Waals surface area contributed by atoms with Crippen molar-refractivity contribution in [2.75, 3.05) is 0 Å². The van der Waals surface area contributed by atoms with Gasteiger partial charge in [-0.3, -0.25) is 9.48 Å². The normalized spacial score (nSPS) is 12.0. The van der Waals surface area contributed by atoms with Gasteiger partial charge in [0, 0.05) is 13.2 Å². The van der Waals surface area contributed by atoms with E-state index in [2.05, 4.69) is 20.1 Å². The Bertz CT molecular complexity index is 901. The number of pyridine rings is 1. The molecule has 3 aromatic rings. The minimum atomic E-state index is -4.41. The van der Waals surface area contributed by atoms with Gasteiger partial charge < -0.3 is 4.98 Å². The van der Waals surface area contributed by atoms with Crippen molar-refractivity contribution in [1.82, 2.24) is 24.7 Å². The van der Waals surface area contributed by atoms with Crippen LogP contribution in [0.2, 0.25) is 0 Å². The van der Waals surface area contributed by atoms with E-state index in [1.807, 2.05) is 0 Å². The number of hydrogen-bond acceptors (Lipinski definition) is 5. The molecule has 0 fully saturated rings. The number of nitrogens with one attached hydrogen (secondary N) is 1. The second kappa shape index (κ2) is 5.69. The molecule has 0 spiro atoms. The highest BCUT2D eigenvalue weighted by atomic mass is 32.2. The number of halogens is 3. The molecule has 0 aliphatic heterocycles. The molecular formula is C13H10F3N5OS. The zero-order valence-electron chi connectivity index (χ0n) is 11.8. The molecule has 3 heterocycles. The van der Waals surface area contributed by atoms with Crippen LogP contribution in [0.1, 0.15) is 11.4 Å². The fourth-order valence-electron chi connectivity index (χ4n) is 1.92. The number of H-pyrrole nitrogens is 1. The van der Waals surface area contributed by atoms with Crippen LogP contribution in [-0.2, 0) is 19.0 Å². The molecule has 0 saturated heterocycles. The minimum Gasteiger partial charge on any atom is -0.309 e. The average molecular weight is 341 g/mol. The molecule has 0 amide bonds. The van der Waals surface area contributed by atoms with Crippen molar-refractivity contribution in [3.63, 3.8) is 0 Å². The van der Waals surface area contributed by atoms with Gasteiger partial charge in [0.1, 0.15) is 11.2 Å². The lowest BCUT2D eigenvalue weighted by Crippen LogP contribution is -2.11. The molecule has 0 radical (unpaired) electrons.